The van der Waals surface area contributed by atoms with Crippen LogP contribution in [0.4, 0.5) is 13.2 Å². The molecule has 202 valence electrons. The van der Waals surface area contributed by atoms with Gasteiger partial charge in [0.15, 0.2) is 11.4 Å². The first-order chi connectivity index (χ1) is 17.3. The topological polar surface area (TPSA) is 63.2 Å². The summed E-state index contributed by atoms with van der Waals surface area (Å²) in [6.07, 6.45) is -3.93. The highest BCUT2D eigenvalue weighted by atomic mass is 35.5. The highest BCUT2D eigenvalue weighted by Gasteiger charge is 2.48. The normalized spacial score (nSPS) is 16.2. The van der Waals surface area contributed by atoms with Gasteiger partial charge in [-0.25, -0.2) is 4.79 Å². The largest absolute Gasteiger partial charge is 0.493 e. The first-order valence-corrected chi connectivity index (χ1v) is 12.1. The van der Waals surface area contributed by atoms with E-state index in [0.29, 0.717) is 24.3 Å². The number of alkyl halides is 3. The fourth-order valence-corrected chi connectivity index (χ4v) is 3.99. The van der Waals surface area contributed by atoms with Crippen LogP contribution in [0.15, 0.2) is 48.2 Å². The van der Waals surface area contributed by atoms with Crippen LogP contribution in [-0.2, 0) is 14.3 Å². The van der Waals surface area contributed by atoms with Crippen molar-refractivity contribution in [3.63, 3.8) is 0 Å². The van der Waals surface area contributed by atoms with E-state index < -0.39 is 28.9 Å². The first-order valence-electron chi connectivity index (χ1n) is 11.7. The molecule has 6 nitrogen and oxygen atoms in total. The van der Waals surface area contributed by atoms with E-state index in [9.17, 15) is 18.0 Å². The third kappa shape index (κ3) is 6.63. The zero-order valence-electron chi connectivity index (χ0n) is 21.3. The Hall–Kier alpha value is -3.07. The van der Waals surface area contributed by atoms with Crippen LogP contribution in [0.1, 0.15) is 46.1 Å². The summed E-state index contributed by atoms with van der Waals surface area (Å²) in [5, 5.41) is 0.164. The summed E-state index contributed by atoms with van der Waals surface area (Å²) >= 11 is 5.95. The lowest BCUT2D eigenvalue weighted by molar-refractivity contribution is -0.157. The Bertz CT molecular complexity index is 1140. The molecule has 0 aromatic heterocycles. The molecule has 0 aliphatic carbocycles. The molecule has 0 saturated carbocycles. The lowest BCUT2D eigenvalue weighted by Gasteiger charge is -2.37. The van der Waals surface area contributed by atoms with Crippen molar-refractivity contribution in [3.05, 3.63) is 58.8 Å². The number of rotatable bonds is 10. The van der Waals surface area contributed by atoms with Crippen molar-refractivity contribution in [2.75, 3.05) is 20.3 Å². The van der Waals surface area contributed by atoms with Gasteiger partial charge in [-0.1, -0.05) is 18.5 Å². The van der Waals surface area contributed by atoms with E-state index in [2.05, 4.69) is 0 Å². The van der Waals surface area contributed by atoms with E-state index in [1.54, 1.807) is 31.2 Å². The fraction of sp³-hybridized carbons (Fsp3) is 0.444. The second-order valence-electron chi connectivity index (χ2n) is 9.15. The van der Waals surface area contributed by atoms with Crippen molar-refractivity contribution < 1.29 is 41.7 Å². The maximum Gasteiger partial charge on any atom is 0.420 e. The van der Waals surface area contributed by atoms with E-state index >= 15 is 0 Å². The third-order valence-electron chi connectivity index (χ3n) is 5.90. The molecular formula is C27H30ClF3O6. The molecule has 1 atom stereocenters. The minimum atomic E-state index is -4.67. The van der Waals surface area contributed by atoms with Crippen LogP contribution in [0.5, 0.6) is 17.2 Å². The minimum absolute atomic E-state index is 0.0211. The molecule has 1 aliphatic heterocycles. The first kappa shape index (κ1) is 28.5. The molecule has 2 aromatic rings. The third-order valence-corrected chi connectivity index (χ3v) is 6.13. The number of hydrogen-bond donors (Lipinski definition) is 0. The highest BCUT2D eigenvalue weighted by Crippen LogP contribution is 2.49. The number of esters is 1. The molecule has 0 saturated heterocycles. The summed E-state index contributed by atoms with van der Waals surface area (Å²) in [5.74, 6) is 0.314. The molecule has 0 N–H and O–H groups in total. The van der Waals surface area contributed by atoms with Crippen LogP contribution in [0, 0.1) is 0 Å². The van der Waals surface area contributed by atoms with E-state index in [-0.39, 0.29) is 35.3 Å². The van der Waals surface area contributed by atoms with Gasteiger partial charge >= 0.3 is 12.1 Å². The standard InChI is InChI=1S/C27H30ClF3O6/c1-6-26(4,24(32)33-5)36-19-11-9-18(10-12-19)34-14-7-15-35-23-22(27(29,30)31)20-16-17(28)8-13-21(20)37-25(23,2)3/h8-13,16H,6-7,14-15H2,1-5H3. The van der Waals surface area contributed by atoms with Gasteiger partial charge in [0.05, 0.1) is 20.3 Å². The van der Waals surface area contributed by atoms with Gasteiger partial charge in [0.25, 0.3) is 0 Å². The van der Waals surface area contributed by atoms with Crippen LogP contribution in [-0.4, -0.2) is 43.7 Å². The predicted molar refractivity (Wildman–Crippen MR) is 133 cm³/mol. The average Bonchev–Trinajstić information content (AvgIpc) is 2.83. The second-order valence-corrected chi connectivity index (χ2v) is 9.59. The van der Waals surface area contributed by atoms with Crippen molar-refractivity contribution in [2.24, 2.45) is 0 Å². The van der Waals surface area contributed by atoms with Crippen LogP contribution in [0.25, 0.3) is 5.57 Å². The molecule has 0 amide bonds. The molecule has 2 aromatic carbocycles. The van der Waals surface area contributed by atoms with Crippen LogP contribution in [0.2, 0.25) is 5.02 Å². The number of ether oxygens (including phenoxy) is 5. The quantitative estimate of drug-likeness (QED) is 0.238. The predicted octanol–water partition coefficient (Wildman–Crippen LogP) is 6.99. The number of carbonyl (C=O) groups is 1. The van der Waals surface area contributed by atoms with E-state index in [1.807, 2.05) is 6.92 Å². The number of halogens is 4. The Morgan fingerprint density at radius 2 is 1.65 bits per heavy atom. The SMILES string of the molecule is CCC(C)(Oc1ccc(OCCCOC2=C(C(F)(F)F)c3cc(Cl)ccc3OC2(C)C)cc1)C(=O)OC. The summed E-state index contributed by atoms with van der Waals surface area (Å²) in [7, 11) is 1.30. The van der Waals surface area contributed by atoms with E-state index in [1.165, 1.54) is 39.2 Å². The van der Waals surface area contributed by atoms with Crippen molar-refractivity contribution in [2.45, 2.75) is 57.9 Å². The molecule has 1 aliphatic rings. The van der Waals surface area contributed by atoms with Crippen molar-refractivity contribution in [1.82, 2.24) is 0 Å². The van der Waals surface area contributed by atoms with Crippen LogP contribution < -0.4 is 14.2 Å². The molecule has 37 heavy (non-hydrogen) atoms. The van der Waals surface area contributed by atoms with Gasteiger partial charge in [-0.3, -0.25) is 0 Å². The molecule has 0 bridgehead atoms. The fourth-order valence-electron chi connectivity index (χ4n) is 3.82. The molecule has 0 spiro atoms. The maximum atomic E-state index is 14.1. The van der Waals surface area contributed by atoms with E-state index in [4.69, 9.17) is 35.3 Å². The Balaban J connectivity index is 1.62. The Morgan fingerprint density at radius 1 is 1.03 bits per heavy atom. The molecule has 10 heteroatoms. The Morgan fingerprint density at radius 3 is 2.24 bits per heavy atom. The number of hydrogen-bond acceptors (Lipinski definition) is 6. The van der Waals surface area contributed by atoms with E-state index in [0.717, 1.165) is 0 Å². The average molecular weight is 543 g/mol. The van der Waals surface area contributed by atoms with Gasteiger partial charge in [-0.2, -0.15) is 13.2 Å². The molecule has 1 unspecified atom stereocenters. The Kier molecular flexibility index (Phi) is 8.57. The number of benzene rings is 2. The smallest absolute Gasteiger partial charge is 0.420 e. The molecule has 1 heterocycles. The molecule has 3 rings (SSSR count). The summed E-state index contributed by atoms with van der Waals surface area (Å²) in [6, 6.07) is 10.8. The molecular weight excluding hydrogens is 513 g/mol. The monoisotopic (exact) mass is 542 g/mol. The van der Waals surface area contributed by atoms with Gasteiger partial charge in [0.1, 0.15) is 22.8 Å². The van der Waals surface area contributed by atoms with Crippen LogP contribution >= 0.6 is 11.6 Å². The van der Waals surface area contributed by atoms with Gasteiger partial charge in [-0.05, 0) is 69.7 Å². The van der Waals surface area contributed by atoms with Crippen LogP contribution in [0.3, 0.4) is 0 Å². The Labute approximate surface area is 219 Å². The lowest BCUT2D eigenvalue weighted by Crippen LogP contribution is -2.41. The minimum Gasteiger partial charge on any atom is -0.493 e. The second kappa shape index (κ2) is 11.1. The zero-order chi connectivity index (χ0) is 27.4. The van der Waals surface area contributed by atoms with Crippen molar-refractivity contribution in [3.8, 4) is 17.2 Å². The number of methoxy groups -OCH3 is 1. The highest BCUT2D eigenvalue weighted by molar-refractivity contribution is 6.30. The summed E-state index contributed by atoms with van der Waals surface area (Å²) < 4.78 is 69.9. The number of allylic oxidation sites excluding steroid dienone is 1. The summed E-state index contributed by atoms with van der Waals surface area (Å²) in [6.45, 7) is 6.69. The molecule has 0 radical (unpaired) electrons. The lowest BCUT2D eigenvalue weighted by atomic mass is 9.92. The zero-order valence-corrected chi connectivity index (χ0v) is 22.1. The van der Waals surface area contributed by atoms with Gasteiger partial charge in [0.2, 0.25) is 5.60 Å². The number of carbonyl (C=O) groups excluding carboxylic acids is 1. The summed E-state index contributed by atoms with van der Waals surface area (Å²) in [5.41, 5.74) is -3.50. The maximum absolute atomic E-state index is 14.1. The van der Waals surface area contributed by atoms with Gasteiger partial charge in [-0.15, -0.1) is 0 Å². The number of fused-ring (bicyclic) bond motifs is 1. The van der Waals surface area contributed by atoms with Gasteiger partial charge < -0.3 is 23.7 Å². The summed E-state index contributed by atoms with van der Waals surface area (Å²) in [4.78, 5) is 12.0. The molecule has 0 fully saturated rings. The van der Waals surface area contributed by atoms with Crippen molar-refractivity contribution in [1.29, 1.82) is 0 Å². The van der Waals surface area contributed by atoms with Gasteiger partial charge in [0, 0.05) is 17.0 Å². The van der Waals surface area contributed by atoms with Crippen molar-refractivity contribution >= 4 is 23.1 Å².